The zero-order valence-electron chi connectivity index (χ0n) is 15.6. The zero-order valence-corrected chi connectivity index (χ0v) is 15.6. The fourth-order valence-corrected chi connectivity index (χ4v) is 2.86. The van der Waals surface area contributed by atoms with Gasteiger partial charge in [0.2, 0.25) is 5.95 Å². The Kier molecular flexibility index (Phi) is 6.46. The summed E-state index contributed by atoms with van der Waals surface area (Å²) in [6.45, 7) is 9.61. The fraction of sp³-hybridized carbons (Fsp3) is 0.526. The van der Waals surface area contributed by atoms with E-state index in [1.807, 2.05) is 18.2 Å². The van der Waals surface area contributed by atoms with Crippen molar-refractivity contribution in [2.45, 2.75) is 20.3 Å². The summed E-state index contributed by atoms with van der Waals surface area (Å²) >= 11 is 0. The van der Waals surface area contributed by atoms with Crippen molar-refractivity contribution in [3.05, 3.63) is 42.6 Å². The number of anilines is 1. The molecule has 0 bridgehead atoms. The molecule has 0 radical (unpaired) electrons. The average Bonchev–Trinajstić information content (AvgIpc) is 3.19. The first-order chi connectivity index (χ1) is 12.7. The number of aliphatic imine (C=N–C) groups is 1. The molecular formula is C19H28N6O. The Labute approximate surface area is 155 Å². The maximum Gasteiger partial charge on any atom is 0.225 e. The van der Waals surface area contributed by atoms with Gasteiger partial charge < -0.3 is 19.5 Å². The topological polar surface area (TPSA) is 69.8 Å². The smallest absolute Gasteiger partial charge is 0.225 e. The molecular weight excluding hydrogens is 328 g/mol. The second kappa shape index (κ2) is 9.22. The highest BCUT2D eigenvalue weighted by Gasteiger charge is 2.21. The van der Waals surface area contributed by atoms with Crippen LogP contribution in [0, 0.1) is 5.92 Å². The normalized spacial score (nSPS) is 15.6. The summed E-state index contributed by atoms with van der Waals surface area (Å²) < 4.78 is 5.41. The van der Waals surface area contributed by atoms with Crippen LogP contribution < -0.4 is 10.2 Å². The zero-order chi connectivity index (χ0) is 18.2. The summed E-state index contributed by atoms with van der Waals surface area (Å²) in [5.41, 5.74) is 0. The first-order valence-electron chi connectivity index (χ1n) is 9.30. The largest absolute Gasteiger partial charge is 0.469 e. The summed E-state index contributed by atoms with van der Waals surface area (Å²) in [7, 11) is 0. The number of nitrogens with zero attached hydrogens (tertiary/aromatic N) is 5. The van der Waals surface area contributed by atoms with Crippen LogP contribution in [0.2, 0.25) is 0 Å². The summed E-state index contributed by atoms with van der Waals surface area (Å²) in [6, 6.07) is 5.78. The van der Waals surface area contributed by atoms with E-state index in [9.17, 15) is 0 Å². The summed E-state index contributed by atoms with van der Waals surface area (Å²) in [6.07, 6.45) is 6.15. The predicted molar refractivity (Wildman–Crippen MR) is 103 cm³/mol. The first-order valence-corrected chi connectivity index (χ1v) is 9.30. The number of hydrogen-bond donors (Lipinski definition) is 1. The van der Waals surface area contributed by atoms with E-state index in [2.05, 4.69) is 38.9 Å². The van der Waals surface area contributed by atoms with Crippen LogP contribution in [0.4, 0.5) is 5.95 Å². The van der Waals surface area contributed by atoms with Crippen LogP contribution >= 0.6 is 0 Å². The van der Waals surface area contributed by atoms with Gasteiger partial charge in [-0.05, 0) is 24.1 Å². The maximum atomic E-state index is 5.41. The molecule has 2 aromatic rings. The van der Waals surface area contributed by atoms with Crippen LogP contribution in [-0.4, -0.2) is 60.1 Å². The van der Waals surface area contributed by atoms with Crippen molar-refractivity contribution in [2.75, 3.05) is 44.2 Å². The molecule has 1 aliphatic rings. The van der Waals surface area contributed by atoms with Gasteiger partial charge in [-0.15, -0.1) is 0 Å². The minimum absolute atomic E-state index is 0.538. The molecule has 1 fully saturated rings. The molecule has 0 aliphatic carbocycles. The van der Waals surface area contributed by atoms with Crippen LogP contribution in [0.3, 0.4) is 0 Å². The van der Waals surface area contributed by atoms with E-state index < -0.39 is 0 Å². The van der Waals surface area contributed by atoms with Crippen LogP contribution in [0.5, 0.6) is 0 Å². The van der Waals surface area contributed by atoms with E-state index in [1.165, 1.54) is 0 Å². The van der Waals surface area contributed by atoms with Crippen molar-refractivity contribution >= 4 is 11.9 Å². The molecule has 0 amide bonds. The summed E-state index contributed by atoms with van der Waals surface area (Å²) in [5, 5.41) is 3.50. The Morgan fingerprint density at radius 3 is 2.62 bits per heavy atom. The molecule has 7 nitrogen and oxygen atoms in total. The van der Waals surface area contributed by atoms with E-state index in [1.54, 1.807) is 18.7 Å². The van der Waals surface area contributed by atoms with E-state index in [0.29, 0.717) is 5.92 Å². The summed E-state index contributed by atoms with van der Waals surface area (Å²) in [4.78, 5) is 18.1. The van der Waals surface area contributed by atoms with Crippen LogP contribution in [-0.2, 0) is 6.42 Å². The first kappa shape index (κ1) is 18.2. The monoisotopic (exact) mass is 356 g/mol. The Morgan fingerprint density at radius 1 is 1.19 bits per heavy atom. The maximum absolute atomic E-state index is 5.41. The third kappa shape index (κ3) is 5.21. The van der Waals surface area contributed by atoms with Crippen molar-refractivity contribution in [3.8, 4) is 0 Å². The molecule has 26 heavy (non-hydrogen) atoms. The highest BCUT2D eigenvalue weighted by Crippen LogP contribution is 2.10. The van der Waals surface area contributed by atoms with E-state index in [4.69, 9.17) is 9.41 Å². The molecule has 1 N–H and O–H groups in total. The SMILES string of the molecule is CC(C)CN=C(NCCc1ccco1)N1CCN(c2ncccn2)CC1. The number of hydrogen-bond acceptors (Lipinski definition) is 5. The van der Waals surface area contributed by atoms with E-state index in [-0.39, 0.29) is 0 Å². The van der Waals surface area contributed by atoms with Crippen molar-refractivity contribution < 1.29 is 4.42 Å². The average molecular weight is 356 g/mol. The quantitative estimate of drug-likeness (QED) is 0.631. The summed E-state index contributed by atoms with van der Waals surface area (Å²) in [5.74, 6) is 3.32. The van der Waals surface area contributed by atoms with Crippen molar-refractivity contribution in [1.82, 2.24) is 20.2 Å². The van der Waals surface area contributed by atoms with Gasteiger partial charge in [-0.1, -0.05) is 13.8 Å². The number of piperazine rings is 1. The molecule has 1 saturated heterocycles. The lowest BCUT2D eigenvalue weighted by atomic mass is 10.2. The lowest BCUT2D eigenvalue weighted by Crippen LogP contribution is -2.53. The number of furan rings is 1. The van der Waals surface area contributed by atoms with Crippen molar-refractivity contribution in [1.29, 1.82) is 0 Å². The van der Waals surface area contributed by atoms with Gasteiger partial charge in [-0.25, -0.2) is 9.97 Å². The van der Waals surface area contributed by atoms with Gasteiger partial charge in [0.1, 0.15) is 5.76 Å². The van der Waals surface area contributed by atoms with Gasteiger partial charge in [0.15, 0.2) is 5.96 Å². The molecule has 0 atom stereocenters. The molecule has 0 aromatic carbocycles. The lowest BCUT2D eigenvalue weighted by Gasteiger charge is -2.36. The molecule has 3 heterocycles. The second-order valence-corrected chi connectivity index (χ2v) is 6.84. The molecule has 3 rings (SSSR count). The van der Waals surface area contributed by atoms with Crippen LogP contribution in [0.25, 0.3) is 0 Å². The Hall–Kier alpha value is -2.57. The van der Waals surface area contributed by atoms with E-state index in [0.717, 1.165) is 63.4 Å². The van der Waals surface area contributed by atoms with Gasteiger partial charge in [-0.2, -0.15) is 0 Å². The third-order valence-electron chi connectivity index (χ3n) is 4.26. The van der Waals surface area contributed by atoms with Gasteiger partial charge in [-0.3, -0.25) is 4.99 Å². The lowest BCUT2D eigenvalue weighted by molar-refractivity contribution is 0.368. The minimum atomic E-state index is 0.538. The number of aromatic nitrogens is 2. The standard InChI is InChI=1S/C19H28N6O/c1-16(2)15-23-19(22-9-6-17-5-3-14-26-17)25-12-10-24(11-13-25)18-20-7-4-8-21-18/h3-5,7-8,14,16H,6,9-13,15H2,1-2H3,(H,22,23). The molecule has 1 aliphatic heterocycles. The molecule has 0 unspecified atom stereocenters. The van der Waals surface area contributed by atoms with Gasteiger partial charge in [0.05, 0.1) is 6.26 Å². The van der Waals surface area contributed by atoms with Crippen LogP contribution in [0.1, 0.15) is 19.6 Å². The second-order valence-electron chi connectivity index (χ2n) is 6.84. The Balaban J connectivity index is 1.55. The number of nitrogens with one attached hydrogen (secondary N) is 1. The molecule has 7 heteroatoms. The molecule has 140 valence electrons. The van der Waals surface area contributed by atoms with Crippen molar-refractivity contribution in [2.24, 2.45) is 10.9 Å². The third-order valence-corrected chi connectivity index (χ3v) is 4.26. The Bertz CT molecular complexity index is 663. The molecule has 0 spiro atoms. The predicted octanol–water partition coefficient (Wildman–Crippen LogP) is 2.04. The highest BCUT2D eigenvalue weighted by molar-refractivity contribution is 5.80. The van der Waals surface area contributed by atoms with E-state index >= 15 is 0 Å². The highest BCUT2D eigenvalue weighted by atomic mass is 16.3. The van der Waals surface area contributed by atoms with Gasteiger partial charge in [0, 0.05) is 58.1 Å². The number of rotatable bonds is 6. The van der Waals surface area contributed by atoms with Gasteiger partial charge in [0.25, 0.3) is 0 Å². The minimum Gasteiger partial charge on any atom is -0.469 e. The van der Waals surface area contributed by atoms with Crippen molar-refractivity contribution in [3.63, 3.8) is 0 Å². The molecule has 2 aromatic heterocycles. The fourth-order valence-electron chi connectivity index (χ4n) is 2.86. The molecule has 0 saturated carbocycles. The Morgan fingerprint density at radius 2 is 1.96 bits per heavy atom. The van der Waals surface area contributed by atoms with Gasteiger partial charge >= 0.3 is 0 Å². The van der Waals surface area contributed by atoms with Crippen LogP contribution in [0.15, 0.2) is 46.3 Å². The number of guanidine groups is 1.